The van der Waals surface area contributed by atoms with Crippen LogP contribution in [0.1, 0.15) is 32.6 Å². The van der Waals surface area contributed by atoms with E-state index in [0.717, 1.165) is 31.9 Å². The van der Waals surface area contributed by atoms with E-state index in [1.807, 2.05) is 0 Å². The van der Waals surface area contributed by atoms with Gasteiger partial charge in [-0.3, -0.25) is 4.79 Å². The van der Waals surface area contributed by atoms with Gasteiger partial charge in [0.25, 0.3) is 0 Å². The Balaban J connectivity index is 1.66. The number of likely N-dealkylation sites (N-methyl/N-ethyl adjacent to an activating group) is 1. The minimum atomic E-state index is -0.483. The number of nitrogens with one attached hydrogen (secondary N) is 1. The van der Waals surface area contributed by atoms with Crippen molar-refractivity contribution in [2.75, 3.05) is 46.9 Å². The van der Waals surface area contributed by atoms with E-state index in [0.29, 0.717) is 25.2 Å². The minimum Gasteiger partial charge on any atom is -0.353 e. The number of nitrogens with zero attached hydrogens (tertiary/aromatic N) is 3. The average molecular weight is 338 g/mol. The highest BCUT2D eigenvalue weighted by Crippen LogP contribution is 2.34. The van der Waals surface area contributed by atoms with Gasteiger partial charge >= 0.3 is 0 Å². The predicted octanol–water partition coefficient (Wildman–Crippen LogP) is 0.658. The minimum absolute atomic E-state index is 0.0214. The first-order valence-corrected chi connectivity index (χ1v) is 9.02. The number of guanidine groups is 1. The number of aliphatic imine (C=N–C) groups is 1. The fourth-order valence-electron chi connectivity index (χ4n) is 3.29. The van der Waals surface area contributed by atoms with Crippen molar-refractivity contribution in [3.05, 3.63) is 0 Å². The average Bonchev–Trinajstić information content (AvgIpc) is 3.29. The van der Waals surface area contributed by atoms with E-state index in [2.05, 4.69) is 22.1 Å². The van der Waals surface area contributed by atoms with Crippen LogP contribution in [0.2, 0.25) is 0 Å². The molecule has 3 rings (SSSR count). The summed E-state index contributed by atoms with van der Waals surface area (Å²) in [4.78, 5) is 20.3. The molecule has 1 aliphatic carbocycles. The van der Waals surface area contributed by atoms with Crippen molar-refractivity contribution in [1.82, 2.24) is 15.1 Å². The summed E-state index contributed by atoms with van der Waals surface area (Å²) in [5, 5.41) is 3.50. The molecule has 0 spiro atoms. The summed E-state index contributed by atoms with van der Waals surface area (Å²) in [5.41, 5.74) is 0. The molecule has 7 nitrogen and oxygen atoms in total. The smallest absolute Gasteiger partial charge is 0.243 e. The number of carbonyl (C=O) groups excluding carboxylic acids is 1. The Kier molecular flexibility index (Phi) is 5.30. The van der Waals surface area contributed by atoms with Crippen molar-refractivity contribution >= 4 is 11.9 Å². The Morgan fingerprint density at radius 2 is 2.00 bits per heavy atom. The Hall–Kier alpha value is -1.34. The van der Waals surface area contributed by atoms with Crippen molar-refractivity contribution < 1.29 is 14.3 Å². The van der Waals surface area contributed by atoms with Gasteiger partial charge in [0.05, 0.1) is 13.2 Å². The first kappa shape index (κ1) is 17.5. The van der Waals surface area contributed by atoms with Crippen LogP contribution >= 0.6 is 0 Å². The zero-order valence-corrected chi connectivity index (χ0v) is 15.1. The number of likely N-dealkylation sites (tertiary alicyclic amines) is 1. The molecule has 0 aromatic heterocycles. The molecule has 136 valence electrons. The molecule has 2 saturated heterocycles. The lowest BCUT2D eigenvalue weighted by molar-refractivity contribution is -0.189. The van der Waals surface area contributed by atoms with Gasteiger partial charge in [0, 0.05) is 39.1 Å². The topological polar surface area (TPSA) is 66.4 Å². The maximum atomic E-state index is 11.9. The molecule has 0 aromatic rings. The molecule has 3 aliphatic rings. The summed E-state index contributed by atoms with van der Waals surface area (Å²) >= 11 is 0. The summed E-state index contributed by atoms with van der Waals surface area (Å²) in [6, 6.07) is 0.508. The Labute approximate surface area is 144 Å². The fourth-order valence-corrected chi connectivity index (χ4v) is 3.29. The zero-order chi connectivity index (χ0) is 17.2. The molecule has 0 radical (unpaired) electrons. The van der Waals surface area contributed by atoms with Crippen LogP contribution in [0, 0.1) is 5.92 Å². The van der Waals surface area contributed by atoms with Crippen LogP contribution < -0.4 is 5.32 Å². The van der Waals surface area contributed by atoms with Crippen LogP contribution in [0.25, 0.3) is 0 Å². The molecule has 2 heterocycles. The molecule has 24 heavy (non-hydrogen) atoms. The monoisotopic (exact) mass is 338 g/mol. The number of ether oxygens (including phenoxy) is 2. The molecule has 1 atom stereocenters. The van der Waals surface area contributed by atoms with Crippen molar-refractivity contribution in [1.29, 1.82) is 0 Å². The standard InChI is InChI=1S/C17H30N4O3/c1-17(23-9-10-24-17)13-5-4-8-21(12-13)16(19-14-6-7-14)18-11-15(22)20(2)3/h13-14H,4-12H2,1-3H3,(H,18,19). The van der Waals surface area contributed by atoms with Gasteiger partial charge in [-0.1, -0.05) is 0 Å². The SMILES string of the molecule is CN(C)C(=O)CN=C(NC1CC1)N1CCCC(C2(C)OCCO2)C1. The molecular weight excluding hydrogens is 308 g/mol. The van der Waals surface area contributed by atoms with Gasteiger partial charge in [-0.05, 0) is 32.6 Å². The lowest BCUT2D eigenvalue weighted by Crippen LogP contribution is -2.52. The molecule has 3 fully saturated rings. The lowest BCUT2D eigenvalue weighted by atomic mass is 9.90. The number of carbonyl (C=O) groups is 1. The molecule has 1 unspecified atom stereocenters. The molecule has 1 saturated carbocycles. The molecule has 2 aliphatic heterocycles. The maximum absolute atomic E-state index is 11.9. The molecule has 1 N–H and O–H groups in total. The van der Waals surface area contributed by atoms with Gasteiger partial charge < -0.3 is 24.6 Å². The maximum Gasteiger partial charge on any atom is 0.243 e. The normalized spacial score (nSPS) is 27.2. The number of rotatable bonds is 4. The van der Waals surface area contributed by atoms with Gasteiger partial charge in [-0.2, -0.15) is 0 Å². The largest absolute Gasteiger partial charge is 0.353 e. The quantitative estimate of drug-likeness (QED) is 0.602. The summed E-state index contributed by atoms with van der Waals surface area (Å²) < 4.78 is 11.7. The van der Waals surface area contributed by atoms with Crippen molar-refractivity contribution in [3.8, 4) is 0 Å². The van der Waals surface area contributed by atoms with E-state index in [-0.39, 0.29) is 12.5 Å². The summed E-state index contributed by atoms with van der Waals surface area (Å²) in [6.07, 6.45) is 4.55. The van der Waals surface area contributed by atoms with Gasteiger partial charge in [0.1, 0.15) is 6.54 Å². The van der Waals surface area contributed by atoms with Crippen LogP contribution in [0.5, 0.6) is 0 Å². The van der Waals surface area contributed by atoms with E-state index in [1.165, 1.54) is 12.8 Å². The zero-order valence-electron chi connectivity index (χ0n) is 15.1. The van der Waals surface area contributed by atoms with Gasteiger partial charge in [-0.25, -0.2) is 4.99 Å². The number of amides is 1. The van der Waals surface area contributed by atoms with E-state index in [9.17, 15) is 4.79 Å². The van der Waals surface area contributed by atoms with E-state index >= 15 is 0 Å². The van der Waals surface area contributed by atoms with Gasteiger partial charge in [0.2, 0.25) is 5.91 Å². The summed E-state index contributed by atoms with van der Waals surface area (Å²) in [6.45, 7) is 5.39. The van der Waals surface area contributed by atoms with Gasteiger partial charge in [0.15, 0.2) is 11.7 Å². The molecule has 0 bridgehead atoms. The summed E-state index contributed by atoms with van der Waals surface area (Å²) in [5.74, 6) is 0.722. The highest BCUT2D eigenvalue weighted by Gasteiger charge is 2.42. The Morgan fingerprint density at radius 1 is 1.29 bits per heavy atom. The van der Waals surface area contributed by atoms with E-state index < -0.39 is 5.79 Å². The fraction of sp³-hybridized carbons (Fsp3) is 0.882. The van der Waals surface area contributed by atoms with Crippen LogP contribution in [-0.4, -0.2) is 80.4 Å². The van der Waals surface area contributed by atoms with Crippen LogP contribution in [0.3, 0.4) is 0 Å². The molecule has 1 amide bonds. The third-order valence-corrected chi connectivity index (χ3v) is 5.10. The van der Waals surface area contributed by atoms with Crippen molar-refractivity contribution in [3.63, 3.8) is 0 Å². The first-order valence-electron chi connectivity index (χ1n) is 9.02. The highest BCUT2D eigenvalue weighted by atomic mass is 16.7. The molecule has 0 aromatic carbocycles. The lowest BCUT2D eigenvalue weighted by Gasteiger charge is -2.41. The first-order chi connectivity index (χ1) is 11.5. The molecule has 7 heteroatoms. The van der Waals surface area contributed by atoms with Crippen molar-refractivity contribution in [2.24, 2.45) is 10.9 Å². The second-order valence-electron chi connectivity index (χ2n) is 7.34. The third kappa shape index (κ3) is 4.19. The highest BCUT2D eigenvalue weighted by molar-refractivity contribution is 5.85. The van der Waals surface area contributed by atoms with Gasteiger partial charge in [-0.15, -0.1) is 0 Å². The van der Waals surface area contributed by atoms with E-state index in [1.54, 1.807) is 19.0 Å². The number of hydrogen-bond donors (Lipinski definition) is 1. The van der Waals surface area contributed by atoms with Crippen molar-refractivity contribution in [2.45, 2.75) is 44.4 Å². The molecular formula is C17H30N4O3. The Morgan fingerprint density at radius 3 is 2.62 bits per heavy atom. The van der Waals surface area contributed by atoms with E-state index in [4.69, 9.17) is 9.47 Å². The second-order valence-corrected chi connectivity index (χ2v) is 7.34. The predicted molar refractivity (Wildman–Crippen MR) is 91.8 cm³/mol. The Bertz CT molecular complexity index is 484. The summed E-state index contributed by atoms with van der Waals surface area (Å²) in [7, 11) is 3.52. The van der Waals surface area contributed by atoms with Crippen LogP contribution in [-0.2, 0) is 14.3 Å². The number of piperidine rings is 1. The van der Waals surface area contributed by atoms with Crippen LogP contribution in [0.15, 0.2) is 4.99 Å². The third-order valence-electron chi connectivity index (χ3n) is 5.10. The number of hydrogen-bond acceptors (Lipinski definition) is 4. The second kappa shape index (κ2) is 7.27. The van der Waals surface area contributed by atoms with Crippen LogP contribution in [0.4, 0.5) is 0 Å².